The molecule has 0 aliphatic rings. The Hall–Kier alpha value is -4.33. The number of aryl methyl sites for hydroxylation is 2. The predicted molar refractivity (Wildman–Crippen MR) is 153 cm³/mol. The first kappa shape index (κ1) is 23.8. The number of rotatable bonds is 8. The quantitative estimate of drug-likeness (QED) is 0.211. The molecule has 0 unspecified atom stereocenters. The van der Waals surface area contributed by atoms with Gasteiger partial charge >= 0.3 is 0 Å². The molecule has 4 aromatic rings. The van der Waals surface area contributed by atoms with Crippen molar-refractivity contribution in [2.75, 3.05) is 16.8 Å². The SMILES string of the molecule is C=C=Nc1ccc(N(c2ccc(C=Cc3cc(C)cc(NCC)c3)cc2)c2cccc(C)c2)cc1. The minimum absolute atomic E-state index is 0.835. The van der Waals surface area contributed by atoms with Crippen molar-refractivity contribution in [3.8, 4) is 0 Å². The van der Waals surface area contributed by atoms with Crippen LogP contribution in [0, 0.1) is 13.8 Å². The first-order valence-corrected chi connectivity index (χ1v) is 11.9. The molecule has 35 heavy (non-hydrogen) atoms. The summed E-state index contributed by atoms with van der Waals surface area (Å²) in [6.07, 6.45) is 4.33. The highest BCUT2D eigenvalue weighted by Gasteiger charge is 2.12. The Balaban J connectivity index is 1.64. The fourth-order valence-electron chi connectivity index (χ4n) is 4.12. The molecule has 3 heteroatoms. The molecule has 1 N–H and O–H groups in total. The van der Waals surface area contributed by atoms with Gasteiger partial charge < -0.3 is 10.2 Å². The van der Waals surface area contributed by atoms with E-state index in [9.17, 15) is 0 Å². The molecule has 174 valence electrons. The second kappa shape index (κ2) is 11.2. The maximum Gasteiger partial charge on any atom is 0.0730 e. The average Bonchev–Trinajstić information content (AvgIpc) is 2.85. The van der Waals surface area contributed by atoms with Crippen molar-refractivity contribution in [1.82, 2.24) is 0 Å². The molecule has 0 heterocycles. The third-order valence-electron chi connectivity index (χ3n) is 5.68. The van der Waals surface area contributed by atoms with Crippen LogP contribution in [-0.4, -0.2) is 12.4 Å². The Morgan fingerprint density at radius 3 is 2.11 bits per heavy atom. The number of anilines is 4. The molecule has 0 bridgehead atoms. The smallest absolute Gasteiger partial charge is 0.0730 e. The highest BCUT2D eigenvalue weighted by molar-refractivity contribution is 5.79. The third-order valence-corrected chi connectivity index (χ3v) is 5.68. The molecule has 3 nitrogen and oxygen atoms in total. The summed E-state index contributed by atoms with van der Waals surface area (Å²) in [6, 6.07) is 31.9. The molecule has 0 amide bonds. The Morgan fingerprint density at radius 2 is 1.46 bits per heavy atom. The second-order valence-electron chi connectivity index (χ2n) is 8.55. The van der Waals surface area contributed by atoms with Gasteiger partial charge in [-0.25, -0.2) is 4.99 Å². The van der Waals surface area contributed by atoms with Crippen LogP contribution in [0.1, 0.15) is 29.2 Å². The fraction of sp³-hybridized carbons (Fsp3) is 0.125. The largest absolute Gasteiger partial charge is 0.385 e. The van der Waals surface area contributed by atoms with E-state index in [1.54, 1.807) is 0 Å². The summed E-state index contributed by atoms with van der Waals surface area (Å²) in [4.78, 5) is 6.41. The van der Waals surface area contributed by atoms with Gasteiger partial charge in [0.15, 0.2) is 0 Å². The first-order chi connectivity index (χ1) is 17.1. The molecule has 0 spiro atoms. The van der Waals surface area contributed by atoms with Gasteiger partial charge in [-0.2, -0.15) is 0 Å². The maximum atomic E-state index is 4.15. The molecule has 4 aromatic carbocycles. The van der Waals surface area contributed by atoms with Crippen LogP contribution in [0.25, 0.3) is 12.2 Å². The minimum atomic E-state index is 0.835. The van der Waals surface area contributed by atoms with Crippen molar-refractivity contribution >= 4 is 46.5 Å². The van der Waals surface area contributed by atoms with Gasteiger partial charge in [0, 0.05) is 29.3 Å². The number of nitrogens with one attached hydrogen (secondary N) is 1. The van der Waals surface area contributed by atoms with E-state index in [2.05, 4.69) is 139 Å². The summed E-state index contributed by atoms with van der Waals surface area (Å²) in [5.74, 6) is 2.60. The van der Waals surface area contributed by atoms with Crippen LogP contribution in [0.2, 0.25) is 0 Å². The first-order valence-electron chi connectivity index (χ1n) is 11.9. The van der Waals surface area contributed by atoms with Crippen LogP contribution in [0.15, 0.2) is 103 Å². The van der Waals surface area contributed by atoms with E-state index >= 15 is 0 Å². The number of aliphatic imine (C=N–C) groups is 1. The van der Waals surface area contributed by atoms with Crippen molar-refractivity contribution in [2.24, 2.45) is 4.99 Å². The topological polar surface area (TPSA) is 27.6 Å². The molecular formula is C32H31N3. The summed E-state index contributed by atoms with van der Waals surface area (Å²) >= 11 is 0. The van der Waals surface area contributed by atoms with Gasteiger partial charge in [-0.1, -0.05) is 42.5 Å². The maximum absolute atomic E-state index is 4.15. The standard InChI is InChI=1S/C32H31N3/c1-5-33-28-14-18-31(19-15-28)35(32-9-7-8-24(3)22-32)30-16-12-26(13-17-30)10-11-27-20-25(4)21-29(23-27)34-6-2/h7-23,34H,1,6H2,2-4H3. The minimum Gasteiger partial charge on any atom is -0.385 e. The lowest BCUT2D eigenvalue weighted by Gasteiger charge is -2.26. The molecule has 4 rings (SSSR count). The molecule has 0 aromatic heterocycles. The Morgan fingerprint density at radius 1 is 0.771 bits per heavy atom. The summed E-state index contributed by atoms with van der Waals surface area (Å²) < 4.78 is 0. The van der Waals surface area contributed by atoms with Crippen LogP contribution in [-0.2, 0) is 0 Å². The van der Waals surface area contributed by atoms with Crippen molar-refractivity contribution in [1.29, 1.82) is 0 Å². The number of nitrogens with zero attached hydrogens (tertiary/aromatic N) is 2. The van der Waals surface area contributed by atoms with E-state index in [0.29, 0.717) is 0 Å². The molecule has 0 saturated carbocycles. The third kappa shape index (κ3) is 6.17. The van der Waals surface area contributed by atoms with Gasteiger partial charge in [0.05, 0.1) is 5.69 Å². The number of hydrogen-bond donors (Lipinski definition) is 1. The zero-order valence-corrected chi connectivity index (χ0v) is 20.6. The van der Waals surface area contributed by atoms with Crippen molar-refractivity contribution in [3.63, 3.8) is 0 Å². The molecule has 0 aliphatic heterocycles. The van der Waals surface area contributed by atoms with Gasteiger partial charge in [0.1, 0.15) is 0 Å². The predicted octanol–water partition coefficient (Wildman–Crippen LogP) is 8.86. The average molecular weight is 458 g/mol. The number of benzene rings is 4. The summed E-state index contributed by atoms with van der Waals surface area (Å²) in [5.41, 5.74) is 10.1. The van der Waals surface area contributed by atoms with Gasteiger partial charge in [-0.3, -0.25) is 0 Å². The summed E-state index contributed by atoms with van der Waals surface area (Å²) in [6.45, 7) is 10.8. The monoisotopic (exact) mass is 457 g/mol. The number of hydrogen-bond acceptors (Lipinski definition) is 3. The molecule has 0 atom stereocenters. The van der Waals surface area contributed by atoms with Crippen LogP contribution in [0.5, 0.6) is 0 Å². The van der Waals surface area contributed by atoms with Crippen LogP contribution >= 0.6 is 0 Å². The summed E-state index contributed by atoms with van der Waals surface area (Å²) in [7, 11) is 0. The lowest BCUT2D eigenvalue weighted by molar-refractivity contribution is 1.21. The van der Waals surface area contributed by atoms with Crippen LogP contribution < -0.4 is 10.2 Å². The molecule has 0 fully saturated rings. The summed E-state index contributed by atoms with van der Waals surface area (Å²) in [5, 5.41) is 3.40. The van der Waals surface area contributed by atoms with E-state index in [1.165, 1.54) is 16.7 Å². The molecular weight excluding hydrogens is 426 g/mol. The van der Waals surface area contributed by atoms with E-state index in [1.807, 2.05) is 12.1 Å². The Bertz CT molecular complexity index is 1360. The van der Waals surface area contributed by atoms with Crippen molar-refractivity contribution in [3.05, 3.63) is 120 Å². The van der Waals surface area contributed by atoms with Gasteiger partial charge in [0.2, 0.25) is 0 Å². The van der Waals surface area contributed by atoms with Gasteiger partial charge in [-0.05, 0) is 116 Å². The van der Waals surface area contributed by atoms with E-state index in [-0.39, 0.29) is 0 Å². The van der Waals surface area contributed by atoms with Gasteiger partial charge in [-0.15, -0.1) is 0 Å². The molecule has 0 aliphatic carbocycles. The van der Waals surface area contributed by atoms with Crippen LogP contribution in [0.4, 0.5) is 28.4 Å². The highest BCUT2D eigenvalue weighted by atomic mass is 15.1. The van der Waals surface area contributed by atoms with E-state index < -0.39 is 0 Å². The van der Waals surface area contributed by atoms with Crippen molar-refractivity contribution in [2.45, 2.75) is 20.8 Å². The molecule has 0 saturated heterocycles. The van der Waals surface area contributed by atoms with Crippen LogP contribution in [0.3, 0.4) is 0 Å². The Kier molecular flexibility index (Phi) is 7.62. The lowest BCUT2D eigenvalue weighted by atomic mass is 10.1. The zero-order valence-electron chi connectivity index (χ0n) is 20.6. The normalized spacial score (nSPS) is 10.7. The van der Waals surface area contributed by atoms with E-state index in [0.717, 1.165) is 40.5 Å². The lowest BCUT2D eigenvalue weighted by Crippen LogP contribution is -2.09. The fourth-order valence-corrected chi connectivity index (χ4v) is 4.12. The van der Waals surface area contributed by atoms with Gasteiger partial charge in [0.25, 0.3) is 0 Å². The van der Waals surface area contributed by atoms with E-state index in [4.69, 9.17) is 0 Å². The second-order valence-corrected chi connectivity index (χ2v) is 8.55. The van der Waals surface area contributed by atoms with Crippen molar-refractivity contribution < 1.29 is 0 Å². The zero-order chi connectivity index (χ0) is 24.6. The molecule has 0 radical (unpaired) electrons. The highest BCUT2D eigenvalue weighted by Crippen LogP contribution is 2.35. The Labute approximate surface area is 208 Å².